The zero-order valence-corrected chi connectivity index (χ0v) is 80.3. The summed E-state index contributed by atoms with van der Waals surface area (Å²) in [5.74, 6) is -16.5. The number of phenolic OH excluding ortho intramolecular Hbond substituents is 3. The number of amides is 14. The number of guanidine groups is 6. The summed E-state index contributed by atoms with van der Waals surface area (Å²) in [6, 6.07) is 2.75. The number of carbonyl (C=O) groups is 15. The standard InChI is InChI=1S/C90H138N34O20/c1-124(2)89(105)112-41-12-16-58(114-71(130)47-113-74(133)66(43-48-21-24-50(125)25-22-48)115-70(129)33-42-106-73(132)49-23-28-53-56(44-49)90(144-83(53)142)54-29-26-51(126)45-67(54)143-68-46-52(127)27-30-55(68)90)75(134)117-59(13-3-5-34-91)77(136)118-60(14-4-6-35-92)78(137)120-62(18-9-38-109-86(99)100)79(138)121-64(20-11-40-111-88(103)104)81(140)123-65(31-32-69(93)128)82(141)122-63(19-10-39-110-87(101)102)80(139)119-61(17-8-37-108-85(97)98)76(135)116-57(72(94)131)15-7-36-107-84(95)96/h21-30,44-46,57-66,125-127H,3-20,31-43,47,91-92H2,1-2H3,(H2,93,128)(H2,94,131)(H2,105,112)(H,106,132)(H,113,133)(H,114,130)(H,115,129)(H,116,135)(H,117,134)(H,118,136)(H,119,139)(H,120,137)(H,121,138)(H,122,141)(H,123,140)(H4,95,96,107)(H4,97,98,108)(H4,99,100,109)(H4,101,102,110)(H4,103,104,111)/t57-,58-,59-,60-,61-,62-,63-,64-,65-,66-/m0/s1. The maximum absolute atomic E-state index is 15.1. The number of ether oxygens (including phenoxy) is 2. The summed E-state index contributed by atoms with van der Waals surface area (Å²) >= 11 is 0. The van der Waals surface area contributed by atoms with E-state index in [1.54, 1.807) is 14.1 Å². The Morgan fingerprint density at radius 2 is 0.701 bits per heavy atom. The molecule has 0 unspecified atom stereocenters. The third-order valence-corrected chi connectivity index (χ3v) is 22.8. The van der Waals surface area contributed by atoms with E-state index in [0.29, 0.717) is 29.5 Å². The molecule has 0 aliphatic carbocycles. The van der Waals surface area contributed by atoms with Crippen LogP contribution in [0.4, 0.5) is 0 Å². The molecule has 0 bridgehead atoms. The maximum Gasteiger partial charge on any atom is 0.340 e. The van der Waals surface area contributed by atoms with Gasteiger partial charge in [-0.1, -0.05) is 12.1 Å². The lowest BCUT2D eigenvalue weighted by Crippen LogP contribution is -2.60. The van der Waals surface area contributed by atoms with Gasteiger partial charge in [0.2, 0.25) is 76.8 Å². The third-order valence-electron chi connectivity index (χ3n) is 22.8. The molecule has 4 aromatic rings. The van der Waals surface area contributed by atoms with E-state index in [9.17, 15) is 72.9 Å². The van der Waals surface area contributed by atoms with Gasteiger partial charge in [-0.15, -0.1) is 0 Å². The lowest BCUT2D eigenvalue weighted by molar-refractivity contribution is -0.136. The largest absolute Gasteiger partial charge is 0.508 e. The molecule has 14 amide bonds. The van der Waals surface area contributed by atoms with Crippen LogP contribution < -0.4 is 152 Å². The molecule has 0 saturated heterocycles. The summed E-state index contributed by atoms with van der Waals surface area (Å²) in [5.41, 5.74) is 50.4. The van der Waals surface area contributed by atoms with Gasteiger partial charge >= 0.3 is 5.97 Å². The van der Waals surface area contributed by atoms with Gasteiger partial charge in [-0.2, -0.15) is 0 Å². The number of nitrogens with one attached hydrogen (secondary N) is 24. The molecule has 788 valence electrons. The minimum atomic E-state index is -1.77. The molecule has 54 heteroatoms. The number of hydrogen-bond donors (Lipinski definition) is 36. The van der Waals surface area contributed by atoms with Crippen molar-refractivity contribution in [3.63, 3.8) is 0 Å². The van der Waals surface area contributed by atoms with Gasteiger partial charge in [0.1, 0.15) is 89.2 Å². The van der Waals surface area contributed by atoms with Crippen LogP contribution in [0.1, 0.15) is 178 Å². The van der Waals surface area contributed by atoms with Crippen LogP contribution in [0.15, 0.2) is 78.9 Å². The van der Waals surface area contributed by atoms with Crippen molar-refractivity contribution in [3.8, 4) is 28.7 Å². The number of hydrogen-bond acceptors (Lipinski definition) is 28. The third kappa shape index (κ3) is 39.0. The number of carbonyl (C=O) groups excluding carboxylic acids is 15. The number of aromatic hydroxyl groups is 3. The molecule has 2 aliphatic heterocycles. The van der Waals surface area contributed by atoms with Gasteiger partial charge < -0.3 is 177 Å². The minimum Gasteiger partial charge on any atom is -0.508 e. The Morgan fingerprint density at radius 3 is 1.07 bits per heavy atom. The summed E-state index contributed by atoms with van der Waals surface area (Å²) in [5, 5.41) is 125. The SMILES string of the molecule is CN(C)C(=N)NCCC[C@H](NC(=O)CNC(=O)[C@H](Cc1ccc(O)cc1)NC(=O)CCNC(=O)c1ccc2c(c1)C1(OC2=O)c2ccc(O)cc2Oc2cc(O)ccc21)C(=O)N[C@@H](CCCCN)C(=O)N[C@@H](CCCCN)C(=O)N[C@@H](CCCNC(=N)N)C(=O)N[C@@H](CCCNC(=N)N)C(=O)N[C@@H](CCC(N)=O)C(=O)N[C@@H](CCCNC(=N)N)C(=O)N[C@@H](CCCNC(=N)N)C(=O)N[C@@H](CCCNC(=N)N)C(N)=O. The van der Waals surface area contributed by atoms with Crippen molar-refractivity contribution < 1.29 is 96.7 Å². The molecule has 144 heavy (non-hydrogen) atoms. The van der Waals surface area contributed by atoms with E-state index >= 15 is 14.4 Å². The topological polar surface area (TPSA) is 932 Å². The second-order valence-electron chi connectivity index (χ2n) is 34.3. The number of unbranched alkanes of at least 4 members (excludes halogenated alkanes) is 2. The lowest BCUT2D eigenvalue weighted by atomic mass is 9.77. The molecular weight excluding hydrogens is 1880 g/mol. The van der Waals surface area contributed by atoms with E-state index < -0.39 is 204 Å². The highest BCUT2D eigenvalue weighted by Gasteiger charge is 2.54. The van der Waals surface area contributed by atoms with Crippen LogP contribution in [0.2, 0.25) is 0 Å². The van der Waals surface area contributed by atoms with Crippen LogP contribution in [0.25, 0.3) is 0 Å². The normalized spacial score (nSPS) is 13.8. The Hall–Kier alpha value is -16.3. The monoisotopic (exact) mass is 2020 g/mol. The highest BCUT2D eigenvalue weighted by Crippen LogP contribution is 2.57. The molecule has 0 radical (unpaired) electrons. The Balaban J connectivity index is 1.22. The van der Waals surface area contributed by atoms with Gasteiger partial charge in [0, 0.05) is 114 Å². The predicted octanol–water partition coefficient (Wildman–Crippen LogP) is -7.11. The van der Waals surface area contributed by atoms with Crippen molar-refractivity contribution in [2.24, 2.45) is 51.6 Å². The molecule has 0 saturated carbocycles. The Morgan fingerprint density at radius 1 is 0.354 bits per heavy atom. The number of esters is 1. The number of primary amides is 2. The molecule has 2 aliphatic rings. The fourth-order valence-electron chi connectivity index (χ4n) is 15.3. The molecule has 4 aromatic carbocycles. The summed E-state index contributed by atoms with van der Waals surface area (Å²) in [6.45, 7) is -0.878. The van der Waals surface area contributed by atoms with Crippen LogP contribution in [0.3, 0.4) is 0 Å². The van der Waals surface area contributed by atoms with Gasteiger partial charge in [0.05, 0.1) is 12.1 Å². The van der Waals surface area contributed by atoms with E-state index in [0.717, 1.165) is 0 Å². The molecule has 6 rings (SSSR count). The second-order valence-corrected chi connectivity index (χ2v) is 34.3. The molecular formula is C90H138N34O20. The molecule has 10 atom stereocenters. The Labute approximate surface area is 830 Å². The highest BCUT2D eigenvalue weighted by atomic mass is 16.6. The zero-order chi connectivity index (χ0) is 106. The van der Waals surface area contributed by atoms with E-state index in [4.69, 9.17) is 93.5 Å². The first-order valence-corrected chi connectivity index (χ1v) is 46.9. The van der Waals surface area contributed by atoms with Crippen LogP contribution in [0.5, 0.6) is 28.7 Å². The fraction of sp³-hybridized carbons (Fsp3) is 0.500. The van der Waals surface area contributed by atoms with Crippen LogP contribution in [-0.4, -0.2) is 285 Å². The van der Waals surface area contributed by atoms with Crippen molar-refractivity contribution in [3.05, 3.63) is 112 Å². The van der Waals surface area contributed by atoms with E-state index in [1.165, 1.54) is 83.8 Å². The number of rotatable bonds is 63. The van der Waals surface area contributed by atoms with E-state index in [2.05, 4.69) is 95.7 Å². The van der Waals surface area contributed by atoms with Crippen LogP contribution in [0, 0.1) is 32.5 Å². The van der Waals surface area contributed by atoms with Crippen molar-refractivity contribution in [2.45, 2.75) is 207 Å². The van der Waals surface area contributed by atoms with Gasteiger partial charge in [-0.05, 0) is 195 Å². The minimum absolute atomic E-state index is 0.00197. The average molecular weight is 2020 g/mol. The number of phenols is 3. The maximum atomic E-state index is 15.1. The van der Waals surface area contributed by atoms with E-state index in [1.807, 2.05) is 0 Å². The molecule has 54 nitrogen and oxygen atoms in total. The molecule has 1 spiro atoms. The first-order chi connectivity index (χ1) is 68.4. The summed E-state index contributed by atoms with van der Waals surface area (Å²) in [4.78, 5) is 215. The smallest absolute Gasteiger partial charge is 0.340 e. The highest BCUT2D eigenvalue weighted by molar-refractivity contribution is 6.03. The van der Waals surface area contributed by atoms with Gasteiger partial charge in [0.15, 0.2) is 41.4 Å². The van der Waals surface area contributed by atoms with Crippen LogP contribution in [-0.2, 0) is 79.1 Å². The second kappa shape index (κ2) is 59.3. The number of nitrogens with zero attached hydrogens (tertiary/aromatic N) is 1. The fourth-order valence-corrected chi connectivity index (χ4v) is 15.3. The number of nitrogens with two attached hydrogens (primary N) is 9. The first-order valence-electron chi connectivity index (χ1n) is 46.9. The molecule has 0 aromatic heterocycles. The van der Waals surface area contributed by atoms with E-state index in [-0.39, 0.29) is 225 Å². The van der Waals surface area contributed by atoms with Crippen molar-refractivity contribution >= 4 is 124 Å². The van der Waals surface area contributed by atoms with Crippen molar-refractivity contribution in [1.29, 1.82) is 32.5 Å². The molecule has 45 N–H and O–H groups in total. The van der Waals surface area contributed by atoms with Crippen LogP contribution >= 0.6 is 0 Å². The van der Waals surface area contributed by atoms with Gasteiger partial charge in [0.25, 0.3) is 5.91 Å². The van der Waals surface area contributed by atoms with Crippen molar-refractivity contribution in [2.75, 3.05) is 79.5 Å². The summed E-state index contributed by atoms with van der Waals surface area (Å²) in [7, 11) is 3.21. The average Bonchev–Trinajstić information content (AvgIpc) is 1.53. The quantitative estimate of drug-likeness (QED) is 0.00845. The number of fused-ring (bicyclic) bond motifs is 6. The van der Waals surface area contributed by atoms with Gasteiger partial charge in [-0.25, -0.2) is 4.79 Å². The predicted molar refractivity (Wildman–Crippen MR) is 527 cm³/mol. The van der Waals surface area contributed by atoms with Gasteiger partial charge in [-0.3, -0.25) is 99.6 Å². The lowest BCUT2D eigenvalue weighted by Gasteiger charge is -2.36. The Kier molecular flexibility index (Phi) is 47.9. The first kappa shape index (κ1) is 116. The van der Waals surface area contributed by atoms with Crippen molar-refractivity contribution in [1.82, 2.24) is 101 Å². The molecule has 2 heterocycles. The zero-order valence-electron chi connectivity index (χ0n) is 80.3. The summed E-state index contributed by atoms with van der Waals surface area (Å²) < 4.78 is 12.2. The summed E-state index contributed by atoms with van der Waals surface area (Å²) in [6.07, 6.45) is -2.01. The Bertz CT molecular complexity index is 5150. The molecule has 0 fully saturated rings. The number of benzene rings is 4.